The fraction of sp³-hybridized carbons (Fsp3) is 0.500. The van der Waals surface area contributed by atoms with Gasteiger partial charge >= 0.3 is 0 Å². The van der Waals surface area contributed by atoms with Gasteiger partial charge in [0, 0.05) is 24.7 Å². The molecule has 5 nitrogen and oxygen atoms in total. The summed E-state index contributed by atoms with van der Waals surface area (Å²) in [5.41, 5.74) is 6.79. The van der Waals surface area contributed by atoms with Crippen molar-refractivity contribution in [2.24, 2.45) is 0 Å². The summed E-state index contributed by atoms with van der Waals surface area (Å²) in [6.07, 6.45) is 1.04. The number of carbonyl (C=O) groups excluding carboxylic acids is 1. The third kappa shape index (κ3) is 6.75. The van der Waals surface area contributed by atoms with Gasteiger partial charge in [-0.3, -0.25) is 4.79 Å². The van der Waals surface area contributed by atoms with Gasteiger partial charge in [-0.25, -0.2) is 0 Å². The molecule has 0 spiro atoms. The summed E-state index contributed by atoms with van der Waals surface area (Å²) in [6, 6.07) is 4.98. The Hall–Kier alpha value is -1.30. The van der Waals surface area contributed by atoms with Gasteiger partial charge in [0.2, 0.25) is 5.91 Å². The first-order valence-corrected chi connectivity index (χ1v) is 7.01. The van der Waals surface area contributed by atoms with Crippen LogP contribution in [0.15, 0.2) is 18.2 Å². The SMILES string of the molecule is CCOCCOCCCC(=O)Nc1ccc(Cl)cc1N. The first kappa shape index (κ1) is 16.8. The summed E-state index contributed by atoms with van der Waals surface area (Å²) in [7, 11) is 0. The van der Waals surface area contributed by atoms with Crippen molar-refractivity contribution in [3.63, 3.8) is 0 Å². The molecule has 0 aliphatic rings. The highest BCUT2D eigenvalue weighted by Gasteiger charge is 2.05. The highest BCUT2D eigenvalue weighted by molar-refractivity contribution is 6.31. The molecule has 0 aromatic heterocycles. The van der Waals surface area contributed by atoms with Crippen molar-refractivity contribution < 1.29 is 14.3 Å². The normalized spacial score (nSPS) is 10.5. The third-order valence-corrected chi connectivity index (χ3v) is 2.79. The highest BCUT2D eigenvalue weighted by Crippen LogP contribution is 2.22. The van der Waals surface area contributed by atoms with Gasteiger partial charge in [0.15, 0.2) is 0 Å². The fourth-order valence-electron chi connectivity index (χ4n) is 1.56. The van der Waals surface area contributed by atoms with Crippen LogP contribution in [0.3, 0.4) is 0 Å². The van der Waals surface area contributed by atoms with Crippen molar-refractivity contribution in [1.82, 2.24) is 0 Å². The maximum atomic E-state index is 11.7. The van der Waals surface area contributed by atoms with Crippen LogP contribution in [0.2, 0.25) is 5.02 Å². The van der Waals surface area contributed by atoms with Crippen LogP contribution in [0, 0.1) is 0 Å². The minimum Gasteiger partial charge on any atom is -0.397 e. The van der Waals surface area contributed by atoms with Crippen molar-refractivity contribution in [2.45, 2.75) is 19.8 Å². The van der Waals surface area contributed by atoms with E-state index in [9.17, 15) is 4.79 Å². The smallest absolute Gasteiger partial charge is 0.224 e. The molecule has 0 saturated heterocycles. The monoisotopic (exact) mass is 300 g/mol. The first-order chi connectivity index (χ1) is 9.63. The molecule has 0 aliphatic carbocycles. The molecule has 3 N–H and O–H groups in total. The maximum absolute atomic E-state index is 11.7. The second-order valence-electron chi connectivity index (χ2n) is 4.19. The van der Waals surface area contributed by atoms with Crippen LogP contribution in [0.5, 0.6) is 0 Å². The Morgan fingerprint density at radius 1 is 1.30 bits per heavy atom. The lowest BCUT2D eigenvalue weighted by Gasteiger charge is -2.08. The molecule has 0 radical (unpaired) electrons. The Morgan fingerprint density at radius 2 is 2.05 bits per heavy atom. The predicted octanol–water partition coefficient (Wildman–Crippen LogP) is 2.69. The summed E-state index contributed by atoms with van der Waals surface area (Å²) < 4.78 is 10.5. The zero-order valence-corrected chi connectivity index (χ0v) is 12.4. The van der Waals surface area contributed by atoms with E-state index in [2.05, 4.69) is 5.32 Å². The van der Waals surface area contributed by atoms with E-state index < -0.39 is 0 Å². The van der Waals surface area contributed by atoms with Crippen LogP contribution in [-0.2, 0) is 14.3 Å². The Morgan fingerprint density at radius 3 is 2.75 bits per heavy atom. The number of hydrogen-bond donors (Lipinski definition) is 2. The summed E-state index contributed by atoms with van der Waals surface area (Å²) in [5.74, 6) is -0.0903. The van der Waals surface area contributed by atoms with Crippen LogP contribution in [0.25, 0.3) is 0 Å². The zero-order chi connectivity index (χ0) is 14.8. The second kappa shape index (κ2) is 9.58. The molecule has 1 aromatic carbocycles. The quantitative estimate of drug-likeness (QED) is 0.543. The van der Waals surface area contributed by atoms with E-state index in [0.29, 0.717) is 55.7 Å². The second-order valence-corrected chi connectivity index (χ2v) is 4.63. The number of benzene rings is 1. The standard InChI is InChI=1S/C14H21ClN2O3/c1-2-19-8-9-20-7-3-4-14(18)17-13-6-5-11(15)10-12(13)16/h5-6,10H,2-4,7-9,16H2,1H3,(H,17,18). The maximum Gasteiger partial charge on any atom is 0.224 e. The molecule has 1 rings (SSSR count). The summed E-state index contributed by atoms with van der Waals surface area (Å²) >= 11 is 5.79. The van der Waals surface area contributed by atoms with Gasteiger partial charge in [0.05, 0.1) is 24.6 Å². The highest BCUT2D eigenvalue weighted by atomic mass is 35.5. The number of nitrogen functional groups attached to an aromatic ring is 1. The van der Waals surface area contributed by atoms with Gasteiger partial charge in [-0.05, 0) is 31.5 Å². The molecular formula is C14H21ClN2O3. The lowest BCUT2D eigenvalue weighted by molar-refractivity contribution is -0.116. The number of nitrogens with two attached hydrogens (primary N) is 1. The predicted molar refractivity (Wildman–Crippen MR) is 81.0 cm³/mol. The molecule has 0 heterocycles. The molecule has 0 bridgehead atoms. The largest absolute Gasteiger partial charge is 0.397 e. The Bertz CT molecular complexity index is 427. The van der Waals surface area contributed by atoms with E-state index in [0.717, 1.165) is 0 Å². The minimum absolute atomic E-state index is 0.0903. The lowest BCUT2D eigenvalue weighted by atomic mass is 10.2. The van der Waals surface area contributed by atoms with Crippen LogP contribution in [0.4, 0.5) is 11.4 Å². The van der Waals surface area contributed by atoms with Crippen LogP contribution in [-0.4, -0.2) is 32.3 Å². The molecule has 112 valence electrons. The Labute approximate surface area is 124 Å². The van der Waals surface area contributed by atoms with Crippen molar-refractivity contribution >= 4 is 28.9 Å². The van der Waals surface area contributed by atoms with Gasteiger partial charge in [-0.1, -0.05) is 11.6 Å². The van der Waals surface area contributed by atoms with Gasteiger partial charge in [-0.15, -0.1) is 0 Å². The van der Waals surface area contributed by atoms with E-state index in [1.807, 2.05) is 6.92 Å². The molecule has 0 saturated carbocycles. The van der Waals surface area contributed by atoms with E-state index >= 15 is 0 Å². The average Bonchev–Trinajstić information content (AvgIpc) is 2.41. The molecule has 6 heteroatoms. The number of rotatable bonds is 9. The molecule has 0 atom stereocenters. The third-order valence-electron chi connectivity index (χ3n) is 2.56. The van der Waals surface area contributed by atoms with Crippen LogP contribution < -0.4 is 11.1 Å². The van der Waals surface area contributed by atoms with E-state index in [1.165, 1.54) is 0 Å². The number of nitrogens with one attached hydrogen (secondary N) is 1. The van der Waals surface area contributed by atoms with Crippen molar-refractivity contribution in [1.29, 1.82) is 0 Å². The van der Waals surface area contributed by atoms with E-state index in [-0.39, 0.29) is 5.91 Å². The van der Waals surface area contributed by atoms with Gasteiger partial charge in [0.1, 0.15) is 0 Å². The van der Waals surface area contributed by atoms with Crippen molar-refractivity contribution in [3.05, 3.63) is 23.2 Å². The number of halogens is 1. The van der Waals surface area contributed by atoms with Gasteiger partial charge < -0.3 is 20.5 Å². The molecule has 1 aromatic rings. The van der Waals surface area contributed by atoms with Crippen molar-refractivity contribution in [3.8, 4) is 0 Å². The minimum atomic E-state index is -0.0903. The Balaban J connectivity index is 2.17. The molecule has 1 amide bonds. The lowest BCUT2D eigenvalue weighted by Crippen LogP contribution is -2.14. The van der Waals surface area contributed by atoms with Crippen LogP contribution in [0.1, 0.15) is 19.8 Å². The van der Waals surface area contributed by atoms with E-state index in [1.54, 1.807) is 18.2 Å². The zero-order valence-electron chi connectivity index (χ0n) is 11.7. The number of carbonyl (C=O) groups is 1. The molecule has 0 fully saturated rings. The molecule has 0 unspecified atom stereocenters. The molecule has 0 aliphatic heterocycles. The Kier molecular flexibility index (Phi) is 8.02. The molecule has 20 heavy (non-hydrogen) atoms. The van der Waals surface area contributed by atoms with E-state index in [4.69, 9.17) is 26.8 Å². The number of amides is 1. The number of anilines is 2. The number of hydrogen-bond acceptors (Lipinski definition) is 4. The summed E-state index contributed by atoms with van der Waals surface area (Å²) in [5, 5.41) is 3.29. The average molecular weight is 301 g/mol. The van der Waals surface area contributed by atoms with Gasteiger partial charge in [0.25, 0.3) is 0 Å². The summed E-state index contributed by atoms with van der Waals surface area (Å²) in [6.45, 7) is 4.31. The van der Waals surface area contributed by atoms with Crippen LogP contribution >= 0.6 is 11.6 Å². The van der Waals surface area contributed by atoms with Gasteiger partial charge in [-0.2, -0.15) is 0 Å². The fourth-order valence-corrected chi connectivity index (χ4v) is 1.74. The first-order valence-electron chi connectivity index (χ1n) is 6.64. The van der Waals surface area contributed by atoms with Crippen molar-refractivity contribution in [2.75, 3.05) is 37.5 Å². The number of ether oxygens (including phenoxy) is 2. The topological polar surface area (TPSA) is 73.6 Å². The molecular weight excluding hydrogens is 280 g/mol. The summed E-state index contributed by atoms with van der Waals surface area (Å²) in [4.78, 5) is 11.7.